The van der Waals surface area contributed by atoms with Crippen LogP contribution in [0.15, 0.2) is 42.5 Å². The minimum Gasteiger partial charge on any atom is -0.396 e. The molecule has 2 aromatic rings. The van der Waals surface area contributed by atoms with Gasteiger partial charge >= 0.3 is 0 Å². The van der Waals surface area contributed by atoms with Crippen molar-refractivity contribution in [1.29, 1.82) is 0 Å². The van der Waals surface area contributed by atoms with E-state index in [9.17, 15) is 9.18 Å². The standard InChI is InChI=1S/C18H18FNO2S/c1-11-16(13-3-5-14(19)6-4-13)9-17(23-11)18(22)20-15-7-2-12(8-15)10-21/h2-7,9,12,15,21H,8,10H2,1H3,(H,20,22)/t12-,15+/m0/s1. The Morgan fingerprint density at radius 2 is 2.09 bits per heavy atom. The van der Waals surface area contributed by atoms with Crippen LogP contribution in [0.4, 0.5) is 4.39 Å². The van der Waals surface area contributed by atoms with Crippen molar-refractivity contribution in [2.24, 2.45) is 5.92 Å². The van der Waals surface area contributed by atoms with E-state index in [1.807, 2.05) is 25.1 Å². The van der Waals surface area contributed by atoms with Gasteiger partial charge in [-0.15, -0.1) is 11.3 Å². The van der Waals surface area contributed by atoms with E-state index in [4.69, 9.17) is 5.11 Å². The van der Waals surface area contributed by atoms with Gasteiger partial charge in [-0.2, -0.15) is 0 Å². The summed E-state index contributed by atoms with van der Waals surface area (Å²) < 4.78 is 13.0. The quantitative estimate of drug-likeness (QED) is 0.842. The van der Waals surface area contributed by atoms with Gasteiger partial charge in [-0.3, -0.25) is 4.79 Å². The van der Waals surface area contributed by atoms with Gasteiger partial charge in [0.25, 0.3) is 5.91 Å². The van der Waals surface area contributed by atoms with Gasteiger partial charge in [-0.1, -0.05) is 24.3 Å². The number of hydrogen-bond donors (Lipinski definition) is 2. The molecule has 5 heteroatoms. The van der Waals surface area contributed by atoms with Crippen LogP contribution in [0.2, 0.25) is 0 Å². The highest BCUT2D eigenvalue weighted by Crippen LogP contribution is 2.31. The summed E-state index contributed by atoms with van der Waals surface area (Å²) in [6.07, 6.45) is 4.60. The molecule has 0 spiro atoms. The van der Waals surface area contributed by atoms with Crippen molar-refractivity contribution in [2.75, 3.05) is 6.61 Å². The fourth-order valence-electron chi connectivity index (χ4n) is 2.77. The zero-order chi connectivity index (χ0) is 16.4. The van der Waals surface area contributed by atoms with Crippen LogP contribution < -0.4 is 5.32 Å². The maximum atomic E-state index is 13.0. The summed E-state index contributed by atoms with van der Waals surface area (Å²) in [6, 6.07) is 8.10. The Hall–Kier alpha value is -1.98. The Bertz CT molecular complexity index is 736. The SMILES string of the molecule is Cc1sc(C(=O)N[C@@H]2C=C[C@H](CO)C2)cc1-c1ccc(F)cc1. The van der Waals surface area contributed by atoms with Crippen LogP contribution >= 0.6 is 11.3 Å². The monoisotopic (exact) mass is 331 g/mol. The number of aryl methyl sites for hydroxylation is 1. The number of benzene rings is 1. The number of thiophene rings is 1. The van der Waals surface area contributed by atoms with E-state index in [0.29, 0.717) is 4.88 Å². The van der Waals surface area contributed by atoms with Gasteiger partial charge in [0.05, 0.1) is 4.88 Å². The van der Waals surface area contributed by atoms with Gasteiger partial charge in [0.15, 0.2) is 0 Å². The summed E-state index contributed by atoms with van der Waals surface area (Å²) in [4.78, 5) is 14.1. The maximum Gasteiger partial charge on any atom is 0.261 e. The first kappa shape index (κ1) is 15.9. The molecule has 1 aromatic carbocycles. The van der Waals surface area contributed by atoms with E-state index in [1.165, 1.54) is 23.5 Å². The van der Waals surface area contributed by atoms with Crippen LogP contribution in [-0.4, -0.2) is 23.7 Å². The lowest BCUT2D eigenvalue weighted by Gasteiger charge is -2.11. The summed E-state index contributed by atoms with van der Waals surface area (Å²) in [6.45, 7) is 2.06. The average Bonchev–Trinajstić information content (AvgIpc) is 3.15. The Balaban J connectivity index is 1.74. The molecule has 1 aliphatic carbocycles. The molecule has 1 amide bonds. The zero-order valence-electron chi connectivity index (χ0n) is 12.8. The Labute approximate surface area is 138 Å². The number of hydrogen-bond acceptors (Lipinski definition) is 3. The summed E-state index contributed by atoms with van der Waals surface area (Å²) >= 11 is 1.43. The lowest BCUT2D eigenvalue weighted by Crippen LogP contribution is -2.32. The molecular weight excluding hydrogens is 313 g/mol. The van der Waals surface area contributed by atoms with Crippen LogP contribution in [0, 0.1) is 18.7 Å². The fraction of sp³-hybridized carbons (Fsp3) is 0.278. The van der Waals surface area contributed by atoms with Gasteiger partial charge in [0, 0.05) is 23.4 Å². The Morgan fingerprint density at radius 1 is 1.35 bits per heavy atom. The van der Waals surface area contributed by atoms with Gasteiger partial charge in [0.1, 0.15) is 5.82 Å². The first-order valence-electron chi connectivity index (χ1n) is 7.53. The van der Waals surface area contributed by atoms with E-state index >= 15 is 0 Å². The first-order chi connectivity index (χ1) is 11.1. The number of nitrogens with one attached hydrogen (secondary N) is 1. The molecule has 120 valence electrons. The number of rotatable bonds is 4. The van der Waals surface area contributed by atoms with E-state index in [1.54, 1.807) is 12.1 Å². The molecule has 1 aliphatic rings. The molecule has 1 aromatic heterocycles. The zero-order valence-corrected chi connectivity index (χ0v) is 13.6. The van der Waals surface area contributed by atoms with Crippen LogP contribution in [0.1, 0.15) is 21.0 Å². The molecule has 0 unspecified atom stereocenters. The molecular formula is C18H18FNO2S. The summed E-state index contributed by atoms with van der Waals surface area (Å²) in [7, 11) is 0. The molecule has 0 fully saturated rings. The maximum absolute atomic E-state index is 13.0. The highest BCUT2D eigenvalue weighted by Gasteiger charge is 2.21. The number of carbonyl (C=O) groups is 1. The molecule has 0 radical (unpaired) electrons. The highest BCUT2D eigenvalue weighted by molar-refractivity contribution is 7.14. The summed E-state index contributed by atoms with van der Waals surface area (Å²) in [5.74, 6) is -0.258. The van der Waals surface area contributed by atoms with Crippen molar-refractivity contribution < 1.29 is 14.3 Å². The van der Waals surface area contributed by atoms with Crippen LogP contribution in [0.5, 0.6) is 0 Å². The van der Waals surface area contributed by atoms with E-state index in [0.717, 1.165) is 22.4 Å². The predicted octanol–water partition coefficient (Wildman–Crippen LogP) is 3.53. The molecule has 0 aliphatic heterocycles. The third-order valence-electron chi connectivity index (χ3n) is 4.02. The van der Waals surface area contributed by atoms with Crippen molar-refractivity contribution in [3.05, 3.63) is 58.1 Å². The third-order valence-corrected chi connectivity index (χ3v) is 5.07. The molecule has 0 saturated carbocycles. The normalized spacial score (nSPS) is 20.0. The topological polar surface area (TPSA) is 49.3 Å². The van der Waals surface area contributed by atoms with Gasteiger partial charge in [-0.05, 0) is 42.7 Å². The van der Waals surface area contributed by atoms with Crippen molar-refractivity contribution in [3.63, 3.8) is 0 Å². The molecule has 0 bridgehead atoms. The van der Waals surface area contributed by atoms with Gasteiger partial charge < -0.3 is 10.4 Å². The molecule has 2 N–H and O–H groups in total. The molecule has 1 heterocycles. The van der Waals surface area contributed by atoms with Crippen LogP contribution in [-0.2, 0) is 0 Å². The van der Waals surface area contributed by atoms with Crippen molar-refractivity contribution in [3.8, 4) is 11.1 Å². The Morgan fingerprint density at radius 3 is 2.74 bits per heavy atom. The van der Waals surface area contributed by atoms with Gasteiger partial charge in [-0.25, -0.2) is 4.39 Å². The second kappa shape index (κ2) is 6.64. The third kappa shape index (κ3) is 3.51. The second-order valence-corrected chi connectivity index (χ2v) is 6.99. The molecule has 3 nitrogen and oxygen atoms in total. The fourth-order valence-corrected chi connectivity index (χ4v) is 3.71. The predicted molar refractivity (Wildman–Crippen MR) is 90.0 cm³/mol. The van der Waals surface area contributed by atoms with E-state index in [-0.39, 0.29) is 30.3 Å². The van der Waals surface area contributed by atoms with Gasteiger partial charge in [0.2, 0.25) is 0 Å². The number of aliphatic hydroxyl groups excluding tert-OH is 1. The lowest BCUT2D eigenvalue weighted by molar-refractivity contribution is 0.0945. The van der Waals surface area contributed by atoms with Crippen molar-refractivity contribution in [1.82, 2.24) is 5.32 Å². The highest BCUT2D eigenvalue weighted by atomic mass is 32.1. The molecule has 0 saturated heterocycles. The van der Waals surface area contributed by atoms with Crippen molar-refractivity contribution >= 4 is 17.2 Å². The lowest BCUT2D eigenvalue weighted by atomic mass is 10.1. The summed E-state index contributed by atoms with van der Waals surface area (Å²) in [5.41, 5.74) is 1.86. The minimum absolute atomic E-state index is 0.0312. The van der Waals surface area contributed by atoms with Crippen LogP contribution in [0.3, 0.4) is 0 Å². The molecule has 3 rings (SSSR count). The molecule has 2 atom stereocenters. The summed E-state index contributed by atoms with van der Waals surface area (Å²) in [5, 5.41) is 12.1. The largest absolute Gasteiger partial charge is 0.396 e. The minimum atomic E-state index is -0.272. The number of amides is 1. The average molecular weight is 331 g/mol. The van der Waals surface area contributed by atoms with E-state index < -0.39 is 0 Å². The Kier molecular flexibility index (Phi) is 4.59. The van der Waals surface area contributed by atoms with E-state index in [2.05, 4.69) is 5.32 Å². The van der Waals surface area contributed by atoms with Crippen molar-refractivity contribution in [2.45, 2.75) is 19.4 Å². The first-order valence-corrected chi connectivity index (χ1v) is 8.35. The number of aliphatic hydroxyl groups is 1. The van der Waals surface area contributed by atoms with Crippen LogP contribution in [0.25, 0.3) is 11.1 Å². The smallest absolute Gasteiger partial charge is 0.261 e. The number of halogens is 1. The number of carbonyl (C=O) groups excluding carboxylic acids is 1. The molecule has 23 heavy (non-hydrogen) atoms. The second-order valence-electron chi connectivity index (χ2n) is 5.73.